The van der Waals surface area contributed by atoms with E-state index in [0.29, 0.717) is 29.7 Å². The Morgan fingerprint density at radius 1 is 1.10 bits per heavy atom. The lowest BCUT2D eigenvalue weighted by molar-refractivity contribution is -0.145. The number of nitrogens with one attached hydrogen (secondary N) is 2. The van der Waals surface area contributed by atoms with Crippen molar-refractivity contribution in [2.24, 2.45) is 11.8 Å². The number of benzene rings is 2. The summed E-state index contributed by atoms with van der Waals surface area (Å²) < 4.78 is 56.9. The molecule has 0 radical (unpaired) electrons. The van der Waals surface area contributed by atoms with E-state index in [2.05, 4.69) is 15.8 Å². The number of fused-ring (bicyclic) bond motifs is 2. The summed E-state index contributed by atoms with van der Waals surface area (Å²) in [6, 6.07) is 12.3. The van der Waals surface area contributed by atoms with Crippen LogP contribution in [0.25, 0.3) is 11.0 Å². The Labute approximate surface area is 286 Å². The molecule has 0 bridgehead atoms. The van der Waals surface area contributed by atoms with Crippen LogP contribution in [0, 0.1) is 11.8 Å². The summed E-state index contributed by atoms with van der Waals surface area (Å²) in [6.07, 6.45) is -1.96. The molecule has 0 aliphatic carbocycles. The number of esters is 1. The predicted molar refractivity (Wildman–Crippen MR) is 178 cm³/mol. The van der Waals surface area contributed by atoms with E-state index in [0.717, 1.165) is 5.56 Å². The molecule has 6 atom stereocenters. The number of aliphatic hydroxyl groups excluding tert-OH is 1. The van der Waals surface area contributed by atoms with Crippen molar-refractivity contribution in [3.63, 3.8) is 0 Å². The normalized spacial score (nSPS) is 21.1. The van der Waals surface area contributed by atoms with Crippen LogP contribution in [0.2, 0.25) is 0 Å². The molecule has 3 N–H and O–H groups in total. The van der Waals surface area contributed by atoms with E-state index >= 15 is 0 Å². The highest BCUT2D eigenvalue weighted by Crippen LogP contribution is 2.33. The van der Waals surface area contributed by atoms with Crippen LogP contribution in [0.1, 0.15) is 45.4 Å². The second-order valence-electron chi connectivity index (χ2n) is 12.8. The third-order valence-corrected chi connectivity index (χ3v) is 10.5. The average molecular weight is 703 g/mol. The number of ether oxygens (including phenoxy) is 4. The molecule has 3 heterocycles. The zero-order chi connectivity index (χ0) is 35.1. The molecule has 2 aliphatic heterocycles. The van der Waals surface area contributed by atoms with Crippen molar-refractivity contribution in [1.82, 2.24) is 20.1 Å². The zero-order valence-electron chi connectivity index (χ0n) is 28.2. The van der Waals surface area contributed by atoms with Gasteiger partial charge in [0.1, 0.15) is 17.8 Å². The first-order valence-electron chi connectivity index (χ1n) is 16.7. The predicted octanol–water partition coefficient (Wildman–Crippen LogP) is 2.98. The van der Waals surface area contributed by atoms with Gasteiger partial charge < -0.3 is 33.9 Å². The number of nitrogens with zero attached hydrogens (tertiary/aromatic N) is 2. The van der Waals surface area contributed by atoms with Crippen LogP contribution < -0.4 is 10.6 Å². The number of alkyl carbamates (subject to hydrolysis) is 1. The van der Waals surface area contributed by atoms with Crippen LogP contribution in [0.3, 0.4) is 0 Å². The molecule has 5 rings (SSSR count). The first-order chi connectivity index (χ1) is 23.5. The van der Waals surface area contributed by atoms with Crippen LogP contribution in [0.15, 0.2) is 57.9 Å². The molecule has 2 aliphatic rings. The maximum absolute atomic E-state index is 14.2. The van der Waals surface area contributed by atoms with Crippen LogP contribution in [-0.4, -0.2) is 98.5 Å². The molecule has 3 aromatic rings. The van der Waals surface area contributed by atoms with Gasteiger partial charge in [0.25, 0.3) is 0 Å². The summed E-state index contributed by atoms with van der Waals surface area (Å²) in [4.78, 5) is 25.2. The molecule has 1 amide bonds. The third kappa shape index (κ3) is 9.15. The Kier molecular flexibility index (Phi) is 12.3. The highest BCUT2D eigenvalue weighted by molar-refractivity contribution is 7.89. The highest BCUT2D eigenvalue weighted by atomic mass is 32.2. The lowest BCUT2D eigenvalue weighted by Crippen LogP contribution is -2.51. The molecular formula is C34H46N4O10S. The molecule has 0 saturated carbocycles. The second-order valence-corrected chi connectivity index (χ2v) is 14.8. The maximum atomic E-state index is 14.2. The minimum absolute atomic E-state index is 0.0164. The fourth-order valence-electron chi connectivity index (χ4n) is 6.04. The van der Waals surface area contributed by atoms with E-state index in [-0.39, 0.29) is 56.0 Å². The molecule has 14 nitrogen and oxygen atoms in total. The Bertz CT molecular complexity index is 1670. The fourth-order valence-corrected chi connectivity index (χ4v) is 7.69. The van der Waals surface area contributed by atoms with Gasteiger partial charge >= 0.3 is 12.1 Å². The molecule has 2 saturated heterocycles. The molecule has 268 valence electrons. The molecule has 0 spiro atoms. The van der Waals surface area contributed by atoms with Gasteiger partial charge in [-0.2, -0.15) is 4.31 Å². The lowest BCUT2D eigenvalue weighted by atomic mass is 10.0. The molecule has 49 heavy (non-hydrogen) atoms. The van der Waals surface area contributed by atoms with E-state index in [1.165, 1.54) is 22.5 Å². The van der Waals surface area contributed by atoms with Crippen molar-refractivity contribution < 1.29 is 46.6 Å². The van der Waals surface area contributed by atoms with Crippen LogP contribution >= 0.6 is 0 Å². The SMILES string of the molecule is CCOC(=O)C(C)NCc1noc2ccc(S(=O)(=O)N(CC(C)C)C[C@@H](O)[C@H](Cc3ccccc3)NC(=O)OC3CO[C@H]4OCC[C@@H]34)cc12. The van der Waals surface area contributed by atoms with Gasteiger partial charge in [-0.1, -0.05) is 49.3 Å². The Balaban J connectivity index is 1.34. The molecule has 2 aromatic carbocycles. The van der Waals surface area contributed by atoms with Gasteiger partial charge in [-0.25, -0.2) is 13.2 Å². The van der Waals surface area contributed by atoms with Crippen LogP contribution in [0.5, 0.6) is 0 Å². The molecule has 15 heteroatoms. The Hall–Kier alpha value is -3.60. The number of rotatable bonds is 16. The molecular weight excluding hydrogens is 656 g/mol. The maximum Gasteiger partial charge on any atom is 0.407 e. The topological polar surface area (TPSA) is 179 Å². The molecule has 2 unspecified atom stereocenters. The largest absolute Gasteiger partial charge is 0.465 e. The van der Waals surface area contributed by atoms with Crippen molar-refractivity contribution in [2.45, 2.75) is 82.6 Å². The van der Waals surface area contributed by atoms with Gasteiger partial charge in [0.05, 0.1) is 42.8 Å². The van der Waals surface area contributed by atoms with Gasteiger partial charge in [0, 0.05) is 25.0 Å². The summed E-state index contributed by atoms with van der Waals surface area (Å²) in [5.41, 5.74) is 1.64. The smallest absolute Gasteiger partial charge is 0.407 e. The number of aromatic nitrogens is 1. The molecule has 2 fully saturated rings. The van der Waals surface area contributed by atoms with Crippen molar-refractivity contribution in [1.29, 1.82) is 0 Å². The minimum atomic E-state index is -4.16. The summed E-state index contributed by atoms with van der Waals surface area (Å²) in [6.45, 7) is 8.09. The highest BCUT2D eigenvalue weighted by Gasteiger charge is 2.44. The van der Waals surface area contributed by atoms with Gasteiger partial charge in [-0.05, 0) is 56.4 Å². The number of carbonyl (C=O) groups excluding carboxylic acids is 2. The average Bonchev–Trinajstić information content (AvgIpc) is 3.80. The minimum Gasteiger partial charge on any atom is -0.465 e. The van der Waals surface area contributed by atoms with E-state index in [4.69, 9.17) is 23.5 Å². The summed E-state index contributed by atoms with van der Waals surface area (Å²) in [5.74, 6) is -0.561. The van der Waals surface area contributed by atoms with Crippen molar-refractivity contribution in [3.05, 3.63) is 59.8 Å². The number of amides is 1. The monoisotopic (exact) mass is 702 g/mol. The van der Waals surface area contributed by atoms with Crippen molar-refractivity contribution >= 4 is 33.1 Å². The number of hydrogen-bond donors (Lipinski definition) is 3. The Morgan fingerprint density at radius 3 is 2.61 bits per heavy atom. The number of aliphatic hydroxyl groups is 1. The van der Waals surface area contributed by atoms with Gasteiger partial charge in [-0.3, -0.25) is 10.1 Å². The van der Waals surface area contributed by atoms with Crippen LogP contribution in [0.4, 0.5) is 4.79 Å². The van der Waals surface area contributed by atoms with Crippen LogP contribution in [-0.2, 0) is 46.7 Å². The van der Waals surface area contributed by atoms with E-state index in [9.17, 15) is 23.1 Å². The van der Waals surface area contributed by atoms with E-state index in [1.54, 1.807) is 13.8 Å². The third-order valence-electron chi connectivity index (χ3n) is 8.64. The number of hydrogen-bond acceptors (Lipinski definition) is 12. The number of carbonyl (C=O) groups is 2. The standard InChI is InChI=1S/C34H46N4O10S/c1-5-44-32(40)22(4)35-17-28-26-16-24(11-12-30(26)48-37-28)49(42,43)38(18-21(2)3)19-29(39)27(15-23-9-7-6-8-10-23)36-34(41)47-31-20-46-33-25(31)13-14-45-33/h6-12,16,21-22,25,27,29,31,33,35,39H,5,13-15,17-20H2,1-4H3,(H,36,41)/t22?,25-,27-,29+,31?,33+/m0/s1. The number of sulfonamides is 1. The summed E-state index contributed by atoms with van der Waals surface area (Å²) in [7, 11) is -4.16. The first-order valence-corrected chi connectivity index (χ1v) is 18.1. The van der Waals surface area contributed by atoms with E-state index in [1.807, 2.05) is 44.2 Å². The zero-order valence-corrected chi connectivity index (χ0v) is 29.1. The van der Waals surface area contributed by atoms with Gasteiger partial charge in [0.2, 0.25) is 10.0 Å². The molecule has 1 aromatic heterocycles. The fraction of sp³-hybridized carbons (Fsp3) is 0.559. The second kappa shape index (κ2) is 16.4. The first kappa shape index (κ1) is 36.7. The van der Waals surface area contributed by atoms with Crippen molar-refractivity contribution in [3.8, 4) is 0 Å². The van der Waals surface area contributed by atoms with Crippen molar-refractivity contribution in [2.75, 3.05) is 32.9 Å². The quantitative estimate of drug-likeness (QED) is 0.186. The summed E-state index contributed by atoms with van der Waals surface area (Å²) in [5, 5.41) is 22.0. The van der Waals surface area contributed by atoms with E-state index < -0.39 is 52.7 Å². The summed E-state index contributed by atoms with van der Waals surface area (Å²) >= 11 is 0. The van der Waals surface area contributed by atoms with Gasteiger partial charge in [0.15, 0.2) is 11.9 Å². The van der Waals surface area contributed by atoms with Gasteiger partial charge in [-0.15, -0.1) is 0 Å². The Morgan fingerprint density at radius 2 is 1.88 bits per heavy atom. The lowest BCUT2D eigenvalue weighted by Gasteiger charge is -2.31.